The highest BCUT2D eigenvalue weighted by atomic mass is 16.5. The maximum absolute atomic E-state index is 12.6. The van der Waals surface area contributed by atoms with Crippen molar-refractivity contribution in [1.29, 1.82) is 0 Å². The third-order valence-electron chi connectivity index (χ3n) is 4.71. The Morgan fingerprint density at radius 3 is 2.63 bits per heavy atom. The second kappa shape index (κ2) is 7.50. The lowest BCUT2D eigenvalue weighted by atomic mass is 10.0. The second-order valence-electron chi connectivity index (χ2n) is 6.59. The quantitative estimate of drug-likeness (QED) is 0.774. The van der Waals surface area contributed by atoms with Gasteiger partial charge in [-0.1, -0.05) is 36.4 Å². The molecule has 4 rings (SSSR count). The molecule has 1 amide bonds. The Morgan fingerprint density at radius 2 is 1.85 bits per heavy atom. The number of aromatic nitrogens is 1. The fourth-order valence-corrected chi connectivity index (χ4v) is 3.19. The van der Waals surface area contributed by atoms with Crippen molar-refractivity contribution in [1.82, 2.24) is 10.3 Å². The predicted octanol–water partition coefficient (Wildman–Crippen LogP) is 3.58. The van der Waals surface area contributed by atoms with Crippen LogP contribution in [0, 0.1) is 0 Å². The average molecular weight is 359 g/mol. The van der Waals surface area contributed by atoms with Crippen LogP contribution >= 0.6 is 0 Å². The Morgan fingerprint density at radius 1 is 1.07 bits per heavy atom. The van der Waals surface area contributed by atoms with Crippen molar-refractivity contribution in [3.63, 3.8) is 0 Å². The van der Waals surface area contributed by atoms with E-state index < -0.39 is 0 Å². The molecule has 5 heteroatoms. The van der Waals surface area contributed by atoms with Gasteiger partial charge in [-0.3, -0.25) is 4.79 Å². The highest BCUT2D eigenvalue weighted by molar-refractivity contribution is 5.94. The lowest BCUT2D eigenvalue weighted by Gasteiger charge is -2.26. The van der Waals surface area contributed by atoms with Gasteiger partial charge in [0.1, 0.15) is 18.2 Å². The fourth-order valence-electron chi connectivity index (χ4n) is 3.19. The third kappa shape index (κ3) is 3.77. The maximum Gasteiger partial charge on any atom is 0.253 e. The lowest BCUT2D eigenvalue weighted by Crippen LogP contribution is -2.42. The summed E-state index contributed by atoms with van der Waals surface area (Å²) in [6, 6.07) is 21.5. The van der Waals surface area contributed by atoms with Gasteiger partial charge in [0.2, 0.25) is 0 Å². The summed E-state index contributed by atoms with van der Waals surface area (Å²) >= 11 is 0. The summed E-state index contributed by atoms with van der Waals surface area (Å²) in [5.74, 6) is 1.55. The van der Waals surface area contributed by atoms with Crippen LogP contribution < -0.4 is 15.0 Å². The molecular weight excluding hydrogens is 338 g/mol. The number of nitrogens with one attached hydrogen (secondary N) is 1. The van der Waals surface area contributed by atoms with E-state index in [0.717, 1.165) is 29.2 Å². The summed E-state index contributed by atoms with van der Waals surface area (Å²) < 4.78 is 5.74. The second-order valence-corrected chi connectivity index (χ2v) is 6.59. The minimum Gasteiger partial charge on any atom is -0.491 e. The van der Waals surface area contributed by atoms with Gasteiger partial charge in [-0.05, 0) is 42.3 Å². The van der Waals surface area contributed by atoms with E-state index in [2.05, 4.69) is 10.3 Å². The minimum absolute atomic E-state index is 0.0425. The molecule has 1 aromatic heterocycles. The van der Waals surface area contributed by atoms with Crippen LogP contribution in [0.4, 0.5) is 11.5 Å². The van der Waals surface area contributed by atoms with Crippen LogP contribution in [0.25, 0.3) is 0 Å². The number of carbonyl (C=O) groups excluding carboxylic acids is 1. The van der Waals surface area contributed by atoms with Crippen LogP contribution in [-0.2, 0) is 6.42 Å². The molecule has 1 atom stereocenters. The molecule has 1 N–H and O–H groups in total. The normalized spacial score (nSPS) is 15.4. The molecule has 0 aliphatic carbocycles. The van der Waals surface area contributed by atoms with Crippen LogP contribution in [0.5, 0.6) is 5.75 Å². The van der Waals surface area contributed by atoms with Crippen molar-refractivity contribution in [2.75, 3.05) is 18.6 Å². The van der Waals surface area contributed by atoms with Crippen molar-refractivity contribution in [3.05, 3.63) is 84.1 Å². The molecule has 2 aromatic carbocycles. The molecule has 0 saturated heterocycles. The van der Waals surface area contributed by atoms with Crippen LogP contribution in [0.2, 0.25) is 0 Å². The molecular formula is C22H21N3O2. The number of pyridine rings is 1. The lowest BCUT2D eigenvalue weighted by molar-refractivity contribution is 0.0915. The SMILES string of the molecule is CN(c1ccccc1)c1ccc(C(=O)N[C@H]2COc3ccccc3C2)cn1. The highest BCUT2D eigenvalue weighted by Crippen LogP contribution is 2.24. The monoisotopic (exact) mass is 359 g/mol. The van der Waals surface area contributed by atoms with Crippen LogP contribution in [0.3, 0.4) is 0 Å². The number of amides is 1. The number of fused-ring (bicyclic) bond motifs is 1. The molecule has 0 unspecified atom stereocenters. The highest BCUT2D eigenvalue weighted by Gasteiger charge is 2.21. The molecule has 136 valence electrons. The molecule has 1 aliphatic rings. The smallest absolute Gasteiger partial charge is 0.253 e. The zero-order valence-electron chi connectivity index (χ0n) is 15.1. The van der Waals surface area contributed by atoms with Crippen molar-refractivity contribution in [2.24, 2.45) is 0 Å². The van der Waals surface area contributed by atoms with E-state index in [9.17, 15) is 4.79 Å². The van der Waals surface area contributed by atoms with Gasteiger partial charge in [-0.25, -0.2) is 4.98 Å². The number of benzene rings is 2. The van der Waals surface area contributed by atoms with Gasteiger partial charge in [0.25, 0.3) is 5.91 Å². The molecule has 2 heterocycles. The van der Waals surface area contributed by atoms with E-state index >= 15 is 0 Å². The summed E-state index contributed by atoms with van der Waals surface area (Å²) in [6.45, 7) is 0.477. The number of carbonyl (C=O) groups is 1. The number of hydrogen-bond acceptors (Lipinski definition) is 4. The first-order valence-corrected chi connectivity index (χ1v) is 8.97. The Bertz CT molecular complexity index is 926. The molecule has 0 bridgehead atoms. The Hall–Kier alpha value is -3.34. The summed E-state index contributed by atoms with van der Waals surface area (Å²) in [6.07, 6.45) is 2.38. The first-order chi connectivity index (χ1) is 13.2. The summed E-state index contributed by atoms with van der Waals surface area (Å²) in [5, 5.41) is 3.04. The summed E-state index contributed by atoms with van der Waals surface area (Å²) in [5.41, 5.74) is 2.70. The van der Waals surface area contributed by atoms with E-state index in [1.54, 1.807) is 12.3 Å². The van der Waals surface area contributed by atoms with E-state index in [1.165, 1.54) is 0 Å². The van der Waals surface area contributed by atoms with Crippen molar-refractivity contribution in [3.8, 4) is 5.75 Å². The molecule has 0 radical (unpaired) electrons. The maximum atomic E-state index is 12.6. The molecule has 0 spiro atoms. The molecule has 1 aliphatic heterocycles. The zero-order chi connectivity index (χ0) is 18.6. The Labute approximate surface area is 158 Å². The third-order valence-corrected chi connectivity index (χ3v) is 4.71. The Balaban J connectivity index is 1.41. The van der Waals surface area contributed by atoms with Gasteiger partial charge < -0.3 is 15.0 Å². The number of ether oxygens (including phenoxy) is 1. The van der Waals surface area contributed by atoms with E-state index in [-0.39, 0.29) is 11.9 Å². The number of para-hydroxylation sites is 2. The average Bonchev–Trinajstić information content (AvgIpc) is 2.74. The summed E-state index contributed by atoms with van der Waals surface area (Å²) in [4.78, 5) is 19.0. The Kier molecular flexibility index (Phi) is 4.75. The summed E-state index contributed by atoms with van der Waals surface area (Å²) in [7, 11) is 1.95. The number of nitrogens with zero attached hydrogens (tertiary/aromatic N) is 2. The molecule has 0 saturated carbocycles. The van der Waals surface area contributed by atoms with E-state index in [4.69, 9.17) is 4.74 Å². The number of rotatable bonds is 4. The van der Waals surface area contributed by atoms with Crippen LogP contribution in [-0.4, -0.2) is 30.6 Å². The van der Waals surface area contributed by atoms with Gasteiger partial charge >= 0.3 is 0 Å². The van der Waals surface area contributed by atoms with Crippen molar-refractivity contribution in [2.45, 2.75) is 12.5 Å². The predicted molar refractivity (Wildman–Crippen MR) is 106 cm³/mol. The van der Waals surface area contributed by atoms with Gasteiger partial charge in [-0.2, -0.15) is 0 Å². The minimum atomic E-state index is -0.135. The molecule has 27 heavy (non-hydrogen) atoms. The van der Waals surface area contributed by atoms with Crippen LogP contribution in [0.15, 0.2) is 72.9 Å². The number of anilines is 2. The van der Waals surface area contributed by atoms with Crippen LogP contribution in [0.1, 0.15) is 15.9 Å². The van der Waals surface area contributed by atoms with E-state index in [0.29, 0.717) is 12.2 Å². The number of hydrogen-bond donors (Lipinski definition) is 1. The van der Waals surface area contributed by atoms with Gasteiger partial charge in [0.15, 0.2) is 0 Å². The van der Waals surface area contributed by atoms with Crippen molar-refractivity contribution < 1.29 is 9.53 Å². The topological polar surface area (TPSA) is 54.5 Å². The fraction of sp³-hybridized carbons (Fsp3) is 0.182. The first kappa shape index (κ1) is 17.1. The van der Waals surface area contributed by atoms with Gasteiger partial charge in [0, 0.05) is 18.9 Å². The molecule has 5 nitrogen and oxygen atoms in total. The molecule has 3 aromatic rings. The first-order valence-electron chi connectivity index (χ1n) is 8.97. The van der Waals surface area contributed by atoms with Gasteiger partial charge in [0.05, 0.1) is 11.6 Å². The largest absolute Gasteiger partial charge is 0.491 e. The van der Waals surface area contributed by atoms with Crippen molar-refractivity contribution >= 4 is 17.4 Å². The zero-order valence-corrected chi connectivity index (χ0v) is 15.1. The van der Waals surface area contributed by atoms with Gasteiger partial charge in [-0.15, -0.1) is 0 Å². The molecule has 0 fully saturated rings. The van der Waals surface area contributed by atoms with E-state index in [1.807, 2.05) is 72.6 Å². The standard InChI is InChI=1S/C22H21N3O2/c1-25(19-8-3-2-4-9-19)21-12-11-17(14-23-21)22(26)24-18-13-16-7-5-6-10-20(16)27-15-18/h2-12,14,18H,13,15H2,1H3,(H,24,26)/t18-/m1/s1.